The molecule has 0 saturated heterocycles. The number of imidazole rings is 1. The fourth-order valence-electron chi connectivity index (χ4n) is 2.30. The number of aliphatic hydroxyl groups excluding tert-OH is 1. The van der Waals surface area contributed by atoms with Gasteiger partial charge in [-0.15, -0.1) is 0 Å². The van der Waals surface area contributed by atoms with E-state index < -0.39 is 11.6 Å². The second-order valence-electron chi connectivity index (χ2n) is 4.98. The molecule has 0 atom stereocenters. The number of fused-ring (bicyclic) bond motifs is 1. The highest BCUT2D eigenvalue weighted by Crippen LogP contribution is 2.29. The highest BCUT2D eigenvalue weighted by atomic mass is 32.1. The molecule has 0 saturated carbocycles. The zero-order valence-corrected chi connectivity index (χ0v) is 12.8. The van der Waals surface area contributed by atoms with Gasteiger partial charge >= 0.3 is 0 Å². The lowest BCUT2D eigenvalue weighted by Gasteiger charge is -2.03. The van der Waals surface area contributed by atoms with Gasteiger partial charge in [0, 0.05) is 12.0 Å². The molecule has 0 aliphatic heterocycles. The number of aromatic nitrogens is 3. The lowest BCUT2D eigenvalue weighted by atomic mass is 10.1. The lowest BCUT2D eigenvalue weighted by Crippen LogP contribution is -1.98. The molecule has 1 N–H and O–H groups in total. The highest BCUT2D eigenvalue weighted by Gasteiger charge is 2.20. The average Bonchev–Trinajstić information content (AvgIpc) is 3.04. The van der Waals surface area contributed by atoms with E-state index in [1.807, 2.05) is 0 Å². The van der Waals surface area contributed by atoms with Crippen molar-refractivity contribution in [1.82, 2.24) is 14.6 Å². The summed E-state index contributed by atoms with van der Waals surface area (Å²) in [7, 11) is 0. The Morgan fingerprint density at radius 1 is 1.32 bits per heavy atom. The first-order chi connectivity index (χ1) is 10.6. The number of hydrogen-bond acceptors (Lipinski definition) is 4. The molecule has 116 valence electrons. The zero-order chi connectivity index (χ0) is 15.7. The first-order valence-electron chi connectivity index (χ1n) is 7.07. The molecule has 3 rings (SSSR count). The van der Waals surface area contributed by atoms with E-state index in [9.17, 15) is 13.9 Å². The van der Waals surface area contributed by atoms with Crippen LogP contribution >= 0.6 is 11.3 Å². The zero-order valence-electron chi connectivity index (χ0n) is 12.0. The van der Waals surface area contributed by atoms with Crippen molar-refractivity contribution in [2.75, 3.05) is 0 Å². The minimum absolute atomic E-state index is 0.0388. The average molecular weight is 323 g/mol. The summed E-state index contributed by atoms with van der Waals surface area (Å²) in [5, 5.41) is 14.9. The van der Waals surface area contributed by atoms with Crippen molar-refractivity contribution in [1.29, 1.82) is 0 Å². The summed E-state index contributed by atoms with van der Waals surface area (Å²) < 4.78 is 28.8. The molecule has 0 bridgehead atoms. The van der Waals surface area contributed by atoms with Crippen molar-refractivity contribution in [3.05, 3.63) is 40.5 Å². The number of unbranched alkanes of at least 4 members (excludes halogenated alkanes) is 1. The van der Waals surface area contributed by atoms with E-state index in [0.717, 1.165) is 42.5 Å². The molecule has 0 spiro atoms. The minimum Gasteiger partial charge on any atom is -0.390 e. The maximum atomic E-state index is 13.9. The predicted molar refractivity (Wildman–Crippen MR) is 80.8 cm³/mol. The second-order valence-corrected chi connectivity index (χ2v) is 6.02. The maximum Gasteiger partial charge on any atom is 0.213 e. The summed E-state index contributed by atoms with van der Waals surface area (Å²) in [5.41, 5.74) is 0.649. The molecule has 2 heterocycles. The quantitative estimate of drug-likeness (QED) is 0.781. The normalized spacial score (nSPS) is 11.5. The van der Waals surface area contributed by atoms with Crippen molar-refractivity contribution < 1.29 is 13.9 Å². The van der Waals surface area contributed by atoms with Crippen LogP contribution in [0.25, 0.3) is 16.2 Å². The molecule has 3 aromatic rings. The van der Waals surface area contributed by atoms with Gasteiger partial charge in [-0.25, -0.2) is 18.3 Å². The van der Waals surface area contributed by atoms with Crippen molar-refractivity contribution >= 4 is 16.3 Å². The smallest absolute Gasteiger partial charge is 0.213 e. The Bertz CT molecular complexity index is 813. The number of nitrogens with zero attached hydrogens (tertiary/aromatic N) is 3. The van der Waals surface area contributed by atoms with Crippen LogP contribution in [0.1, 0.15) is 30.5 Å². The fourth-order valence-corrected chi connectivity index (χ4v) is 3.25. The standard InChI is InChI=1S/C15H15F2N3OS/c1-2-3-4-13-19-20-12(8-21)14(18-15(20)22-13)10-7-9(16)5-6-11(10)17/h5-7,21H,2-4,8H2,1H3. The number of aliphatic hydroxyl groups is 1. The van der Waals surface area contributed by atoms with Gasteiger partial charge in [-0.05, 0) is 24.6 Å². The van der Waals surface area contributed by atoms with Gasteiger partial charge < -0.3 is 5.11 Å². The number of rotatable bonds is 5. The molecule has 4 nitrogen and oxygen atoms in total. The molecule has 0 aliphatic rings. The number of halogens is 2. The van der Waals surface area contributed by atoms with Crippen molar-refractivity contribution in [2.24, 2.45) is 0 Å². The Morgan fingerprint density at radius 2 is 2.14 bits per heavy atom. The third-order valence-corrected chi connectivity index (χ3v) is 4.38. The van der Waals surface area contributed by atoms with Crippen LogP contribution in [-0.4, -0.2) is 19.7 Å². The summed E-state index contributed by atoms with van der Waals surface area (Å²) in [4.78, 5) is 4.91. The number of aryl methyl sites for hydroxylation is 1. The molecular weight excluding hydrogens is 308 g/mol. The Kier molecular flexibility index (Phi) is 4.17. The third-order valence-electron chi connectivity index (χ3n) is 3.42. The Labute approximate surface area is 130 Å². The monoisotopic (exact) mass is 323 g/mol. The van der Waals surface area contributed by atoms with E-state index in [0.29, 0.717) is 10.7 Å². The highest BCUT2D eigenvalue weighted by molar-refractivity contribution is 7.16. The van der Waals surface area contributed by atoms with E-state index in [1.54, 1.807) is 0 Å². The van der Waals surface area contributed by atoms with Gasteiger partial charge in [-0.3, -0.25) is 0 Å². The van der Waals surface area contributed by atoms with E-state index in [4.69, 9.17) is 0 Å². The molecule has 0 fully saturated rings. The lowest BCUT2D eigenvalue weighted by molar-refractivity contribution is 0.275. The second kappa shape index (κ2) is 6.10. The van der Waals surface area contributed by atoms with Gasteiger partial charge in [0.05, 0.1) is 12.3 Å². The van der Waals surface area contributed by atoms with Gasteiger partial charge in [-0.1, -0.05) is 24.7 Å². The fraction of sp³-hybridized carbons (Fsp3) is 0.333. The summed E-state index contributed by atoms with van der Waals surface area (Å²) in [6.45, 7) is 1.76. The molecule has 0 amide bonds. The third kappa shape index (κ3) is 2.62. The summed E-state index contributed by atoms with van der Waals surface area (Å²) in [6.07, 6.45) is 2.93. The summed E-state index contributed by atoms with van der Waals surface area (Å²) in [6, 6.07) is 3.19. The molecule has 1 aromatic carbocycles. The van der Waals surface area contributed by atoms with E-state index in [1.165, 1.54) is 15.9 Å². The summed E-state index contributed by atoms with van der Waals surface area (Å²) >= 11 is 1.41. The Balaban J connectivity index is 2.10. The minimum atomic E-state index is -0.576. The molecular formula is C15H15F2N3OS. The molecule has 0 radical (unpaired) electrons. The molecule has 0 unspecified atom stereocenters. The van der Waals surface area contributed by atoms with Crippen molar-refractivity contribution in [2.45, 2.75) is 32.8 Å². The molecule has 0 aliphatic carbocycles. The van der Waals surface area contributed by atoms with Crippen molar-refractivity contribution in [3.8, 4) is 11.3 Å². The molecule has 2 aromatic heterocycles. The number of benzene rings is 1. The predicted octanol–water partition coefficient (Wildman–Crippen LogP) is 3.57. The van der Waals surface area contributed by atoms with Crippen LogP contribution < -0.4 is 0 Å². The van der Waals surface area contributed by atoms with E-state index in [2.05, 4.69) is 17.0 Å². The van der Waals surface area contributed by atoms with E-state index >= 15 is 0 Å². The van der Waals surface area contributed by atoms with Gasteiger partial charge in [0.2, 0.25) is 4.96 Å². The Hall–Kier alpha value is -1.86. The first kappa shape index (κ1) is 15.1. The van der Waals surface area contributed by atoms with Crippen LogP contribution in [0.2, 0.25) is 0 Å². The Morgan fingerprint density at radius 3 is 2.86 bits per heavy atom. The van der Waals surface area contributed by atoms with Crippen molar-refractivity contribution in [3.63, 3.8) is 0 Å². The molecule has 7 heteroatoms. The van der Waals surface area contributed by atoms with Crippen LogP contribution in [0.3, 0.4) is 0 Å². The topological polar surface area (TPSA) is 50.4 Å². The number of hydrogen-bond donors (Lipinski definition) is 1. The largest absolute Gasteiger partial charge is 0.390 e. The SMILES string of the molecule is CCCCc1nn2c(CO)c(-c3cc(F)ccc3F)nc2s1. The van der Waals surface area contributed by atoms with Gasteiger partial charge in [0.15, 0.2) is 0 Å². The van der Waals surface area contributed by atoms with Crippen LogP contribution in [0, 0.1) is 11.6 Å². The van der Waals surface area contributed by atoms with Crippen LogP contribution in [0.4, 0.5) is 8.78 Å². The van der Waals surface area contributed by atoms with Crippen LogP contribution in [-0.2, 0) is 13.0 Å². The van der Waals surface area contributed by atoms with Crippen LogP contribution in [0.15, 0.2) is 18.2 Å². The maximum absolute atomic E-state index is 13.9. The van der Waals surface area contributed by atoms with Gasteiger partial charge in [0.25, 0.3) is 0 Å². The van der Waals surface area contributed by atoms with Gasteiger partial charge in [-0.2, -0.15) is 5.10 Å². The summed E-state index contributed by atoms with van der Waals surface area (Å²) in [5.74, 6) is -1.12. The first-order valence-corrected chi connectivity index (χ1v) is 7.89. The molecule has 22 heavy (non-hydrogen) atoms. The van der Waals surface area contributed by atoms with Gasteiger partial charge in [0.1, 0.15) is 22.3 Å². The van der Waals surface area contributed by atoms with Crippen LogP contribution in [0.5, 0.6) is 0 Å². The van der Waals surface area contributed by atoms with E-state index in [-0.39, 0.29) is 17.9 Å².